The summed E-state index contributed by atoms with van der Waals surface area (Å²) in [6, 6.07) is -0.383. The molecule has 2 N–H and O–H groups in total. The molecular formula is C13H19N3O3S2. The minimum Gasteiger partial charge on any atom is -0.337 e. The number of carbonyl (C=O) groups is 1. The number of hydrogen-bond donors (Lipinski definition) is 2. The largest absolute Gasteiger partial charge is 0.337 e. The highest BCUT2D eigenvalue weighted by Gasteiger charge is 2.31. The van der Waals surface area contributed by atoms with E-state index in [2.05, 4.69) is 15.6 Å². The van der Waals surface area contributed by atoms with Crippen molar-refractivity contribution in [1.29, 1.82) is 0 Å². The summed E-state index contributed by atoms with van der Waals surface area (Å²) in [6.07, 6.45) is 4.92. The second kappa shape index (κ2) is 5.92. The zero-order valence-corrected chi connectivity index (χ0v) is 13.3. The fourth-order valence-corrected chi connectivity index (χ4v) is 5.22. The molecule has 1 atom stereocenters. The van der Waals surface area contributed by atoms with Crippen LogP contribution in [0.25, 0.3) is 0 Å². The third-order valence-electron chi connectivity index (χ3n) is 4.22. The maximum absolute atomic E-state index is 11.8. The first kappa shape index (κ1) is 14.8. The quantitative estimate of drug-likeness (QED) is 0.885. The molecule has 1 unspecified atom stereocenters. The highest BCUT2D eigenvalue weighted by molar-refractivity contribution is 7.92. The Morgan fingerprint density at radius 1 is 1.33 bits per heavy atom. The Bertz CT molecular complexity index is 622. The molecule has 0 aromatic carbocycles. The lowest BCUT2D eigenvalue weighted by Gasteiger charge is -2.22. The monoisotopic (exact) mass is 329 g/mol. The van der Waals surface area contributed by atoms with E-state index < -0.39 is 15.1 Å². The molecule has 2 heterocycles. The zero-order chi connectivity index (χ0) is 14.9. The summed E-state index contributed by atoms with van der Waals surface area (Å²) in [5.74, 6) is 0.779. The van der Waals surface area contributed by atoms with E-state index in [1.165, 1.54) is 30.6 Å². The highest BCUT2D eigenvalue weighted by atomic mass is 32.2. The van der Waals surface area contributed by atoms with Crippen molar-refractivity contribution in [2.24, 2.45) is 0 Å². The van der Waals surface area contributed by atoms with Crippen LogP contribution in [0.2, 0.25) is 0 Å². The molecule has 1 aliphatic heterocycles. The van der Waals surface area contributed by atoms with Crippen LogP contribution in [0.1, 0.15) is 43.7 Å². The average molecular weight is 329 g/mol. The fraction of sp³-hybridized carbons (Fsp3) is 0.692. The molecule has 1 saturated carbocycles. The lowest BCUT2D eigenvalue weighted by molar-refractivity contribution is 0.252. The Balaban J connectivity index is 1.48. The van der Waals surface area contributed by atoms with Gasteiger partial charge in [-0.3, -0.25) is 5.32 Å². The zero-order valence-electron chi connectivity index (χ0n) is 11.7. The van der Waals surface area contributed by atoms with Crippen LogP contribution in [0.4, 0.5) is 9.93 Å². The number of hydrogen-bond acceptors (Lipinski definition) is 5. The van der Waals surface area contributed by atoms with Gasteiger partial charge in [-0.25, -0.2) is 18.2 Å². The van der Waals surface area contributed by atoms with Crippen LogP contribution in [0.3, 0.4) is 0 Å². The Hall–Kier alpha value is -1.15. The van der Waals surface area contributed by atoms with Gasteiger partial charge in [-0.1, -0.05) is 6.42 Å². The van der Waals surface area contributed by atoms with Crippen molar-refractivity contribution in [3.63, 3.8) is 0 Å². The second-order valence-electron chi connectivity index (χ2n) is 5.67. The van der Waals surface area contributed by atoms with E-state index in [-0.39, 0.29) is 18.3 Å². The Morgan fingerprint density at radius 3 is 2.76 bits per heavy atom. The molecule has 2 fully saturated rings. The van der Waals surface area contributed by atoms with Gasteiger partial charge in [0, 0.05) is 17.8 Å². The molecule has 0 bridgehead atoms. The van der Waals surface area contributed by atoms with Crippen molar-refractivity contribution >= 4 is 32.3 Å². The molecule has 1 saturated heterocycles. The van der Waals surface area contributed by atoms with Crippen molar-refractivity contribution in [1.82, 2.24) is 10.3 Å². The molecule has 2 amide bonds. The van der Waals surface area contributed by atoms with Crippen LogP contribution in [-0.2, 0) is 9.84 Å². The van der Waals surface area contributed by atoms with Crippen LogP contribution in [0.5, 0.6) is 0 Å². The summed E-state index contributed by atoms with van der Waals surface area (Å²) >= 11 is 1.41. The maximum atomic E-state index is 11.8. The standard InChI is InChI=1S/C13H19N3O3S2/c17-12(14-7-10-5-2-6-21(10,18)19)16-13-15-11(8-20-13)9-3-1-4-9/h8-10H,1-7H2,(H2,14,15,16,17). The number of nitrogens with one attached hydrogen (secondary N) is 2. The van der Waals surface area contributed by atoms with Gasteiger partial charge in [-0.05, 0) is 25.7 Å². The molecule has 1 aliphatic carbocycles. The molecule has 0 radical (unpaired) electrons. The summed E-state index contributed by atoms with van der Waals surface area (Å²) in [5, 5.41) is 7.43. The number of aromatic nitrogens is 1. The van der Waals surface area contributed by atoms with E-state index in [1.54, 1.807) is 0 Å². The molecule has 8 heteroatoms. The third kappa shape index (κ3) is 3.37. The van der Waals surface area contributed by atoms with E-state index in [9.17, 15) is 13.2 Å². The Morgan fingerprint density at radius 2 is 2.14 bits per heavy atom. The predicted octanol–water partition coefficient (Wildman–Crippen LogP) is 2.11. The SMILES string of the molecule is O=C(NCC1CCCS1(=O)=O)Nc1nc(C2CCC2)cs1. The first-order valence-electron chi connectivity index (χ1n) is 7.26. The molecule has 1 aromatic heterocycles. The number of thiazole rings is 1. The average Bonchev–Trinajstić information content (AvgIpc) is 2.91. The van der Waals surface area contributed by atoms with E-state index in [0.717, 1.165) is 5.69 Å². The lowest BCUT2D eigenvalue weighted by atomic mass is 9.83. The normalized spacial score (nSPS) is 24.5. The fourth-order valence-electron chi connectivity index (χ4n) is 2.67. The predicted molar refractivity (Wildman–Crippen MR) is 82.5 cm³/mol. The van der Waals surface area contributed by atoms with Gasteiger partial charge >= 0.3 is 6.03 Å². The van der Waals surface area contributed by atoms with Crippen molar-refractivity contribution < 1.29 is 13.2 Å². The summed E-state index contributed by atoms with van der Waals surface area (Å²) < 4.78 is 23.3. The van der Waals surface area contributed by atoms with Gasteiger partial charge in [0.25, 0.3) is 0 Å². The number of sulfone groups is 1. The van der Waals surface area contributed by atoms with Crippen LogP contribution >= 0.6 is 11.3 Å². The lowest BCUT2D eigenvalue weighted by Crippen LogP contribution is -2.37. The Kier molecular flexibility index (Phi) is 4.17. The summed E-state index contributed by atoms with van der Waals surface area (Å²) in [7, 11) is -3.01. The first-order valence-corrected chi connectivity index (χ1v) is 9.86. The van der Waals surface area contributed by atoms with Crippen molar-refractivity contribution in [2.45, 2.75) is 43.3 Å². The molecular weight excluding hydrogens is 310 g/mol. The van der Waals surface area contributed by atoms with Crippen molar-refractivity contribution in [2.75, 3.05) is 17.6 Å². The summed E-state index contributed by atoms with van der Waals surface area (Å²) in [4.78, 5) is 16.2. The van der Waals surface area contributed by atoms with Gasteiger partial charge in [0.1, 0.15) is 0 Å². The summed E-state index contributed by atoms with van der Waals surface area (Å²) in [6.45, 7) is 0.176. The molecule has 116 valence electrons. The Labute approximate surface area is 128 Å². The third-order valence-corrected chi connectivity index (χ3v) is 7.27. The van der Waals surface area contributed by atoms with E-state index in [4.69, 9.17) is 0 Å². The van der Waals surface area contributed by atoms with Crippen molar-refractivity contribution in [3.05, 3.63) is 11.1 Å². The van der Waals surface area contributed by atoms with Gasteiger partial charge in [-0.2, -0.15) is 0 Å². The molecule has 2 aliphatic rings. The highest BCUT2D eigenvalue weighted by Crippen LogP contribution is 2.37. The van der Waals surface area contributed by atoms with E-state index in [0.29, 0.717) is 23.9 Å². The van der Waals surface area contributed by atoms with E-state index in [1.807, 2.05) is 5.38 Å². The van der Waals surface area contributed by atoms with Crippen molar-refractivity contribution in [3.8, 4) is 0 Å². The number of urea groups is 1. The molecule has 6 nitrogen and oxygen atoms in total. The van der Waals surface area contributed by atoms with E-state index >= 15 is 0 Å². The molecule has 3 rings (SSSR count). The van der Waals surface area contributed by atoms with Crippen LogP contribution in [-0.4, -0.2) is 37.0 Å². The van der Waals surface area contributed by atoms with Gasteiger partial charge in [0.2, 0.25) is 0 Å². The number of nitrogens with zero attached hydrogens (tertiary/aromatic N) is 1. The molecule has 1 aromatic rings. The second-order valence-corrected chi connectivity index (χ2v) is 8.93. The van der Waals surface area contributed by atoms with Gasteiger partial charge in [0.05, 0.1) is 16.7 Å². The maximum Gasteiger partial charge on any atom is 0.321 e. The summed E-state index contributed by atoms with van der Waals surface area (Å²) in [5.41, 5.74) is 1.06. The topological polar surface area (TPSA) is 88.2 Å². The van der Waals surface area contributed by atoms with Gasteiger partial charge in [0.15, 0.2) is 15.0 Å². The molecule has 0 spiro atoms. The smallest absolute Gasteiger partial charge is 0.321 e. The molecule has 21 heavy (non-hydrogen) atoms. The number of anilines is 1. The number of carbonyl (C=O) groups excluding carboxylic acids is 1. The van der Waals surface area contributed by atoms with Crippen LogP contribution in [0, 0.1) is 0 Å². The van der Waals surface area contributed by atoms with Crippen LogP contribution in [0.15, 0.2) is 5.38 Å². The van der Waals surface area contributed by atoms with Gasteiger partial charge < -0.3 is 5.32 Å². The number of amides is 2. The van der Waals surface area contributed by atoms with Gasteiger partial charge in [-0.15, -0.1) is 11.3 Å². The number of rotatable bonds is 4. The minimum atomic E-state index is -3.01. The minimum absolute atomic E-state index is 0.176. The first-order chi connectivity index (χ1) is 10.0. The van der Waals surface area contributed by atoms with Crippen LogP contribution < -0.4 is 10.6 Å².